The van der Waals surface area contributed by atoms with Gasteiger partial charge in [-0.05, 0) is 36.1 Å². The normalized spacial score (nSPS) is 22.4. The third-order valence-electron chi connectivity index (χ3n) is 3.53. The highest BCUT2D eigenvalue weighted by Gasteiger charge is 2.31. The van der Waals surface area contributed by atoms with Crippen LogP contribution in [0.3, 0.4) is 0 Å². The molecule has 1 aromatic rings. The number of fused-ring (bicyclic) bond motifs is 1. The van der Waals surface area contributed by atoms with Gasteiger partial charge in [-0.1, -0.05) is 13.8 Å². The minimum Gasteiger partial charge on any atom is -0.497 e. The van der Waals surface area contributed by atoms with Gasteiger partial charge < -0.3 is 14.8 Å². The fraction of sp³-hybridized carbons (Fsp3) is 0.571. The fourth-order valence-electron chi connectivity index (χ4n) is 2.71. The van der Waals surface area contributed by atoms with Crippen molar-refractivity contribution >= 4 is 0 Å². The first-order chi connectivity index (χ1) is 8.21. The lowest BCUT2D eigenvalue weighted by atomic mass is 10.0. The Morgan fingerprint density at radius 1 is 1.29 bits per heavy atom. The molecule has 0 saturated carbocycles. The van der Waals surface area contributed by atoms with Crippen LogP contribution in [0, 0.1) is 5.92 Å². The highest BCUT2D eigenvalue weighted by molar-refractivity contribution is 5.51. The summed E-state index contributed by atoms with van der Waals surface area (Å²) in [4.78, 5) is 0. The van der Waals surface area contributed by atoms with Crippen molar-refractivity contribution in [3.63, 3.8) is 0 Å². The van der Waals surface area contributed by atoms with Crippen molar-refractivity contribution in [2.45, 2.75) is 26.3 Å². The summed E-state index contributed by atoms with van der Waals surface area (Å²) in [6, 6.07) is 4.52. The summed E-state index contributed by atoms with van der Waals surface area (Å²) in [6.07, 6.45) is 1.07. The molecular weight excluding hydrogens is 214 g/mol. The van der Waals surface area contributed by atoms with E-state index in [2.05, 4.69) is 25.2 Å². The summed E-state index contributed by atoms with van der Waals surface area (Å²) in [5.74, 6) is 2.43. The monoisotopic (exact) mass is 235 g/mol. The standard InChI is InChI=1S/C14H21NO2/c1-5-15-14-9(2)6-11-12(14)7-10(16-3)8-13(11)17-4/h7-9,14-15H,5-6H2,1-4H3. The lowest BCUT2D eigenvalue weighted by molar-refractivity contribution is 0.391. The Labute approximate surface area is 103 Å². The van der Waals surface area contributed by atoms with Crippen LogP contribution in [0.25, 0.3) is 0 Å². The smallest absolute Gasteiger partial charge is 0.126 e. The van der Waals surface area contributed by atoms with Crippen molar-refractivity contribution in [3.05, 3.63) is 23.3 Å². The summed E-state index contributed by atoms with van der Waals surface area (Å²) in [5.41, 5.74) is 2.65. The first kappa shape index (κ1) is 12.2. The van der Waals surface area contributed by atoms with E-state index < -0.39 is 0 Å². The van der Waals surface area contributed by atoms with Crippen molar-refractivity contribution in [2.24, 2.45) is 5.92 Å². The number of nitrogens with one attached hydrogen (secondary N) is 1. The summed E-state index contributed by atoms with van der Waals surface area (Å²) >= 11 is 0. The van der Waals surface area contributed by atoms with Gasteiger partial charge in [0.2, 0.25) is 0 Å². The quantitative estimate of drug-likeness (QED) is 0.870. The third-order valence-corrected chi connectivity index (χ3v) is 3.53. The molecule has 0 radical (unpaired) electrons. The Bertz CT molecular complexity index is 403. The zero-order valence-electron chi connectivity index (χ0n) is 11.0. The molecule has 0 aliphatic heterocycles. The van der Waals surface area contributed by atoms with E-state index in [-0.39, 0.29) is 0 Å². The van der Waals surface area contributed by atoms with Crippen LogP contribution in [0.1, 0.15) is 31.0 Å². The Balaban J connectivity index is 2.45. The molecule has 0 heterocycles. The highest BCUT2D eigenvalue weighted by atomic mass is 16.5. The SMILES string of the molecule is CCNC1c2cc(OC)cc(OC)c2CC1C. The maximum Gasteiger partial charge on any atom is 0.126 e. The van der Waals surface area contributed by atoms with Crippen molar-refractivity contribution in [2.75, 3.05) is 20.8 Å². The Kier molecular flexibility index (Phi) is 3.57. The number of rotatable bonds is 4. The second-order valence-electron chi connectivity index (χ2n) is 4.61. The first-order valence-corrected chi connectivity index (χ1v) is 6.19. The predicted molar refractivity (Wildman–Crippen MR) is 68.8 cm³/mol. The van der Waals surface area contributed by atoms with Gasteiger partial charge in [0.25, 0.3) is 0 Å². The molecule has 3 heteroatoms. The maximum atomic E-state index is 5.47. The van der Waals surface area contributed by atoms with E-state index >= 15 is 0 Å². The topological polar surface area (TPSA) is 30.5 Å². The Hall–Kier alpha value is -1.22. The summed E-state index contributed by atoms with van der Waals surface area (Å²) in [7, 11) is 3.42. The average Bonchev–Trinajstić information content (AvgIpc) is 2.65. The molecular formula is C14H21NO2. The summed E-state index contributed by atoms with van der Waals surface area (Å²) in [5, 5.41) is 3.54. The molecule has 1 aromatic carbocycles. The van der Waals surface area contributed by atoms with Crippen LogP contribution in [0.5, 0.6) is 11.5 Å². The summed E-state index contributed by atoms with van der Waals surface area (Å²) < 4.78 is 10.8. The van der Waals surface area contributed by atoms with Gasteiger partial charge in [0.05, 0.1) is 14.2 Å². The molecule has 0 amide bonds. The van der Waals surface area contributed by atoms with Crippen LogP contribution in [0.2, 0.25) is 0 Å². The molecule has 3 nitrogen and oxygen atoms in total. The molecule has 2 atom stereocenters. The number of ether oxygens (including phenoxy) is 2. The lowest BCUT2D eigenvalue weighted by Crippen LogP contribution is -2.23. The van der Waals surface area contributed by atoms with Gasteiger partial charge in [-0.25, -0.2) is 0 Å². The van der Waals surface area contributed by atoms with Gasteiger partial charge in [-0.3, -0.25) is 0 Å². The van der Waals surface area contributed by atoms with Crippen LogP contribution in [-0.2, 0) is 6.42 Å². The molecule has 17 heavy (non-hydrogen) atoms. The molecule has 1 aliphatic rings. The predicted octanol–water partition coefficient (Wildman–Crippen LogP) is 2.55. The van der Waals surface area contributed by atoms with Crippen LogP contribution in [-0.4, -0.2) is 20.8 Å². The van der Waals surface area contributed by atoms with Gasteiger partial charge in [-0.2, -0.15) is 0 Å². The van der Waals surface area contributed by atoms with Crippen molar-refractivity contribution in [3.8, 4) is 11.5 Å². The van der Waals surface area contributed by atoms with Crippen molar-refractivity contribution in [1.82, 2.24) is 5.32 Å². The van der Waals surface area contributed by atoms with E-state index in [9.17, 15) is 0 Å². The second kappa shape index (κ2) is 4.96. The van der Waals surface area contributed by atoms with Crippen LogP contribution in [0.4, 0.5) is 0 Å². The fourth-order valence-corrected chi connectivity index (χ4v) is 2.71. The number of hydrogen-bond acceptors (Lipinski definition) is 3. The third kappa shape index (κ3) is 2.12. The molecule has 0 saturated heterocycles. The lowest BCUT2D eigenvalue weighted by Gasteiger charge is -2.18. The zero-order valence-corrected chi connectivity index (χ0v) is 11.0. The number of benzene rings is 1. The molecule has 0 spiro atoms. The first-order valence-electron chi connectivity index (χ1n) is 6.19. The maximum absolute atomic E-state index is 5.47. The molecule has 2 unspecified atom stereocenters. The highest BCUT2D eigenvalue weighted by Crippen LogP contribution is 2.42. The van der Waals surface area contributed by atoms with Crippen LogP contribution < -0.4 is 14.8 Å². The number of methoxy groups -OCH3 is 2. The molecule has 0 fully saturated rings. The van der Waals surface area contributed by atoms with E-state index in [1.807, 2.05) is 6.07 Å². The summed E-state index contributed by atoms with van der Waals surface area (Å²) in [6.45, 7) is 5.40. The van der Waals surface area contributed by atoms with E-state index in [4.69, 9.17) is 9.47 Å². The van der Waals surface area contributed by atoms with E-state index in [0.717, 1.165) is 24.5 Å². The number of hydrogen-bond donors (Lipinski definition) is 1. The van der Waals surface area contributed by atoms with Gasteiger partial charge in [0, 0.05) is 12.1 Å². The average molecular weight is 235 g/mol. The van der Waals surface area contributed by atoms with E-state index in [1.54, 1.807) is 14.2 Å². The molecule has 2 rings (SSSR count). The molecule has 1 aliphatic carbocycles. The minimum atomic E-state index is 0.416. The van der Waals surface area contributed by atoms with Gasteiger partial charge in [0.1, 0.15) is 11.5 Å². The molecule has 1 N–H and O–H groups in total. The molecule has 0 aromatic heterocycles. The Morgan fingerprint density at radius 2 is 2.06 bits per heavy atom. The molecule has 94 valence electrons. The van der Waals surface area contributed by atoms with E-state index in [0.29, 0.717) is 12.0 Å². The molecule has 0 bridgehead atoms. The zero-order chi connectivity index (χ0) is 12.4. The van der Waals surface area contributed by atoms with Crippen molar-refractivity contribution in [1.29, 1.82) is 0 Å². The van der Waals surface area contributed by atoms with Gasteiger partial charge >= 0.3 is 0 Å². The van der Waals surface area contributed by atoms with Crippen LogP contribution >= 0.6 is 0 Å². The van der Waals surface area contributed by atoms with Gasteiger partial charge in [-0.15, -0.1) is 0 Å². The Morgan fingerprint density at radius 3 is 2.65 bits per heavy atom. The largest absolute Gasteiger partial charge is 0.497 e. The van der Waals surface area contributed by atoms with Gasteiger partial charge in [0.15, 0.2) is 0 Å². The van der Waals surface area contributed by atoms with Crippen LogP contribution in [0.15, 0.2) is 12.1 Å². The van der Waals surface area contributed by atoms with Crippen molar-refractivity contribution < 1.29 is 9.47 Å². The van der Waals surface area contributed by atoms with E-state index in [1.165, 1.54) is 11.1 Å². The minimum absolute atomic E-state index is 0.416. The second-order valence-corrected chi connectivity index (χ2v) is 4.61.